The zero-order valence-corrected chi connectivity index (χ0v) is 19.9. The van der Waals surface area contributed by atoms with Gasteiger partial charge in [0.25, 0.3) is 0 Å². The normalized spacial score (nSPS) is 17.6. The molecule has 1 aliphatic heterocycles. The molecule has 178 valence electrons. The van der Waals surface area contributed by atoms with Gasteiger partial charge < -0.3 is 10.2 Å². The Bertz CT molecular complexity index is 1390. The van der Waals surface area contributed by atoms with Crippen LogP contribution in [0.4, 0.5) is 4.39 Å². The van der Waals surface area contributed by atoms with Crippen molar-refractivity contribution in [2.45, 2.75) is 38.3 Å². The van der Waals surface area contributed by atoms with Crippen LogP contribution >= 0.6 is 23.2 Å². The predicted octanol–water partition coefficient (Wildman–Crippen LogP) is 4.54. The van der Waals surface area contributed by atoms with E-state index in [-0.39, 0.29) is 15.6 Å². The van der Waals surface area contributed by atoms with Gasteiger partial charge in [-0.05, 0) is 57.5 Å². The van der Waals surface area contributed by atoms with Gasteiger partial charge in [0.15, 0.2) is 11.8 Å². The van der Waals surface area contributed by atoms with Gasteiger partial charge in [-0.2, -0.15) is 5.10 Å². The molecule has 0 radical (unpaired) electrons. The van der Waals surface area contributed by atoms with Crippen molar-refractivity contribution in [2.75, 3.05) is 13.1 Å². The van der Waals surface area contributed by atoms with Crippen molar-refractivity contribution in [3.8, 4) is 11.1 Å². The molecule has 0 saturated carbocycles. The van der Waals surface area contributed by atoms with Crippen molar-refractivity contribution >= 4 is 34.4 Å². The highest BCUT2D eigenvalue weighted by atomic mass is 35.5. The Morgan fingerprint density at radius 3 is 2.91 bits per heavy atom. The van der Waals surface area contributed by atoms with Crippen LogP contribution in [-0.4, -0.2) is 37.6 Å². The number of nitrogens with one attached hydrogen (secondary N) is 2. The van der Waals surface area contributed by atoms with Gasteiger partial charge in [-0.15, -0.1) is 4.73 Å². The van der Waals surface area contributed by atoms with E-state index in [2.05, 4.69) is 20.4 Å². The van der Waals surface area contributed by atoms with Crippen molar-refractivity contribution < 1.29 is 9.23 Å². The molecule has 0 bridgehead atoms. The molecule has 4 heterocycles. The van der Waals surface area contributed by atoms with Crippen LogP contribution in [0, 0.1) is 5.82 Å². The van der Waals surface area contributed by atoms with Crippen molar-refractivity contribution in [1.29, 1.82) is 0 Å². The average molecular weight is 505 g/mol. The van der Waals surface area contributed by atoms with E-state index in [4.69, 9.17) is 28.0 Å². The molecule has 0 spiro atoms. The number of fused-ring (bicyclic) bond motifs is 1. The lowest BCUT2D eigenvalue weighted by atomic mass is 10.1. The first-order valence-corrected chi connectivity index (χ1v) is 11.8. The number of aromatic amines is 1. The zero-order valence-electron chi connectivity index (χ0n) is 18.4. The summed E-state index contributed by atoms with van der Waals surface area (Å²) < 4.78 is 17.1. The highest BCUT2D eigenvalue weighted by molar-refractivity contribution is 6.36. The van der Waals surface area contributed by atoms with Gasteiger partial charge in [0.05, 0.1) is 17.3 Å². The Balaban J connectivity index is 1.47. The van der Waals surface area contributed by atoms with Gasteiger partial charge in [-0.1, -0.05) is 23.2 Å². The maximum Gasteiger partial charge on any atom is 0.360 e. The van der Waals surface area contributed by atoms with Gasteiger partial charge in [-0.3, -0.25) is 9.67 Å². The lowest BCUT2D eigenvalue weighted by Crippen LogP contribution is -2.26. The van der Waals surface area contributed by atoms with E-state index in [1.807, 2.05) is 10.9 Å². The number of rotatable bonds is 5. The van der Waals surface area contributed by atoms with Crippen LogP contribution in [0.1, 0.15) is 43.9 Å². The van der Waals surface area contributed by atoms with Crippen LogP contribution in [0.3, 0.4) is 0 Å². The molecule has 1 aliphatic rings. The number of pyridine rings is 1. The molecule has 2 unspecified atom stereocenters. The smallest absolute Gasteiger partial charge is 0.360 e. The third-order valence-electron chi connectivity index (χ3n) is 6.10. The van der Waals surface area contributed by atoms with E-state index in [0.717, 1.165) is 48.2 Å². The number of benzene rings is 1. The number of hydrogen-bond donors (Lipinski definition) is 2. The van der Waals surface area contributed by atoms with Gasteiger partial charge in [0.1, 0.15) is 11.3 Å². The number of aromatic nitrogens is 5. The second kappa shape index (κ2) is 9.40. The molecule has 2 N–H and O–H groups in total. The molecule has 0 aliphatic carbocycles. The summed E-state index contributed by atoms with van der Waals surface area (Å²) in [5, 5.41) is 8.08. The third kappa shape index (κ3) is 4.31. The molecular weight excluding hydrogens is 482 g/mol. The maximum absolute atomic E-state index is 14.0. The van der Waals surface area contributed by atoms with Crippen LogP contribution in [0.2, 0.25) is 10.0 Å². The standard InChI is InChI=1S/C23H23Cl2FN6O2/c1-13(20-17(24)4-5-18(26)21(20)25)34-32-19-9-14(10-28-22(19)30-23(32)33)15-11-29-31(12-15)16-3-2-7-27-8-6-16/h4-5,9-13,16,27H,2-3,6-8H2,1H3,(H,28,30,33). The van der Waals surface area contributed by atoms with Crippen LogP contribution in [0.25, 0.3) is 22.3 Å². The summed E-state index contributed by atoms with van der Waals surface area (Å²) in [7, 11) is 0. The van der Waals surface area contributed by atoms with Gasteiger partial charge in [0, 0.05) is 34.1 Å². The second-order valence-corrected chi connectivity index (χ2v) is 9.15. The number of halogens is 3. The molecule has 1 saturated heterocycles. The summed E-state index contributed by atoms with van der Waals surface area (Å²) in [6.45, 7) is 3.64. The summed E-state index contributed by atoms with van der Waals surface area (Å²) in [5.41, 5.74) is 2.21. The molecule has 1 aromatic carbocycles. The fourth-order valence-electron chi connectivity index (χ4n) is 4.31. The zero-order chi connectivity index (χ0) is 23.8. The minimum Gasteiger partial charge on any atom is -0.401 e. The van der Waals surface area contributed by atoms with Crippen LogP contribution in [0.15, 0.2) is 41.6 Å². The van der Waals surface area contributed by atoms with Crippen molar-refractivity contribution in [3.63, 3.8) is 0 Å². The Labute approximate surface area is 204 Å². The minimum absolute atomic E-state index is 0.146. The Hall–Kier alpha value is -2.88. The SMILES string of the molecule is CC(On1c(=O)[nH]c2ncc(-c3cnn(C4CCCNCC4)c3)cc21)c1c(Cl)ccc(F)c1Cl. The van der Waals surface area contributed by atoms with E-state index in [1.165, 1.54) is 12.1 Å². The summed E-state index contributed by atoms with van der Waals surface area (Å²) in [4.78, 5) is 25.5. The first-order chi connectivity index (χ1) is 16.4. The number of nitrogens with zero attached hydrogens (tertiary/aromatic N) is 4. The topological polar surface area (TPSA) is 89.8 Å². The van der Waals surface area contributed by atoms with Gasteiger partial charge in [0.2, 0.25) is 0 Å². The third-order valence-corrected chi connectivity index (χ3v) is 6.81. The Morgan fingerprint density at radius 2 is 2.06 bits per heavy atom. The van der Waals surface area contributed by atoms with Crippen LogP contribution in [0.5, 0.6) is 0 Å². The quantitative estimate of drug-likeness (QED) is 0.389. The lowest BCUT2D eigenvalue weighted by molar-refractivity contribution is 0.0492. The highest BCUT2D eigenvalue weighted by Gasteiger charge is 2.22. The summed E-state index contributed by atoms with van der Waals surface area (Å²) in [6, 6.07) is 4.73. The average Bonchev–Trinajstić information content (AvgIpc) is 3.31. The Morgan fingerprint density at radius 1 is 1.21 bits per heavy atom. The fourth-order valence-corrected chi connectivity index (χ4v) is 4.98. The van der Waals surface area contributed by atoms with Crippen LogP contribution in [-0.2, 0) is 0 Å². The molecule has 2 atom stereocenters. The molecule has 1 fully saturated rings. The minimum atomic E-state index is -0.803. The molecule has 3 aromatic heterocycles. The molecule has 8 nitrogen and oxygen atoms in total. The van der Waals surface area contributed by atoms with E-state index >= 15 is 0 Å². The predicted molar refractivity (Wildman–Crippen MR) is 129 cm³/mol. The summed E-state index contributed by atoms with van der Waals surface area (Å²) in [6.07, 6.45) is 7.88. The highest BCUT2D eigenvalue weighted by Crippen LogP contribution is 2.33. The molecule has 5 rings (SSSR count). The number of hydrogen-bond acceptors (Lipinski definition) is 5. The van der Waals surface area contributed by atoms with E-state index < -0.39 is 17.6 Å². The molecule has 4 aromatic rings. The van der Waals surface area contributed by atoms with E-state index in [9.17, 15) is 9.18 Å². The second-order valence-electron chi connectivity index (χ2n) is 8.36. The van der Waals surface area contributed by atoms with Crippen molar-refractivity contribution in [3.05, 3.63) is 68.7 Å². The van der Waals surface area contributed by atoms with Gasteiger partial charge in [-0.25, -0.2) is 14.2 Å². The maximum atomic E-state index is 14.0. The molecule has 34 heavy (non-hydrogen) atoms. The number of imidazole rings is 1. The monoisotopic (exact) mass is 504 g/mol. The van der Waals surface area contributed by atoms with Gasteiger partial charge >= 0.3 is 5.69 Å². The Kier molecular flexibility index (Phi) is 6.33. The number of H-pyrrole nitrogens is 1. The first-order valence-electron chi connectivity index (χ1n) is 11.1. The summed E-state index contributed by atoms with van der Waals surface area (Å²) in [5.74, 6) is -0.617. The lowest BCUT2D eigenvalue weighted by Gasteiger charge is -2.17. The van der Waals surface area contributed by atoms with E-state index in [0.29, 0.717) is 17.2 Å². The van der Waals surface area contributed by atoms with Crippen LogP contribution < -0.4 is 15.8 Å². The van der Waals surface area contributed by atoms with E-state index in [1.54, 1.807) is 25.4 Å². The largest absolute Gasteiger partial charge is 0.401 e. The fraction of sp³-hybridized carbons (Fsp3) is 0.348. The van der Waals surface area contributed by atoms with Crippen molar-refractivity contribution in [2.24, 2.45) is 0 Å². The summed E-state index contributed by atoms with van der Waals surface area (Å²) >= 11 is 12.3. The van der Waals surface area contributed by atoms with Crippen molar-refractivity contribution in [1.82, 2.24) is 29.8 Å². The first kappa shape index (κ1) is 22.9. The molecular formula is C23H23Cl2FN6O2. The molecule has 0 amide bonds. The molecule has 11 heteroatoms.